The van der Waals surface area contributed by atoms with Crippen molar-refractivity contribution in [2.75, 3.05) is 25.0 Å². The maximum atomic E-state index is 13.2. The number of benzene rings is 1. The lowest BCUT2D eigenvalue weighted by Crippen LogP contribution is -2.47. The molecule has 8 nitrogen and oxygen atoms in total. The van der Waals surface area contributed by atoms with E-state index in [4.69, 9.17) is 4.74 Å². The quantitative estimate of drug-likeness (QED) is 0.772. The van der Waals surface area contributed by atoms with E-state index in [0.717, 1.165) is 25.7 Å². The van der Waals surface area contributed by atoms with Gasteiger partial charge in [-0.25, -0.2) is 8.42 Å². The largest absolute Gasteiger partial charge is 0.482 e. The minimum absolute atomic E-state index is 0.0390. The van der Waals surface area contributed by atoms with Gasteiger partial charge in [-0.3, -0.25) is 9.59 Å². The van der Waals surface area contributed by atoms with E-state index in [-0.39, 0.29) is 41.8 Å². The van der Waals surface area contributed by atoms with Crippen molar-refractivity contribution in [2.45, 2.75) is 55.9 Å². The van der Waals surface area contributed by atoms with Gasteiger partial charge in [0.05, 0.1) is 16.5 Å². The number of hydrogen-bond donors (Lipinski definition) is 2. The average molecular weight is 422 g/mol. The van der Waals surface area contributed by atoms with E-state index in [1.54, 1.807) is 6.07 Å². The molecule has 0 aromatic heterocycles. The second kappa shape index (κ2) is 8.31. The van der Waals surface area contributed by atoms with Crippen LogP contribution in [0.4, 0.5) is 5.69 Å². The fourth-order valence-corrected chi connectivity index (χ4v) is 5.86. The topological polar surface area (TPSA) is 105 Å². The summed E-state index contributed by atoms with van der Waals surface area (Å²) in [5.74, 6) is -0.236. The number of carbonyl (C=O) groups is 2. The Bertz CT molecular complexity index is 895. The summed E-state index contributed by atoms with van der Waals surface area (Å²) in [5.41, 5.74) is 0.353. The van der Waals surface area contributed by atoms with Gasteiger partial charge in [-0.1, -0.05) is 19.3 Å². The SMILES string of the molecule is O=C1COc2ccc(S(=O)(=O)N3CCC[C@H](C(=O)NC4CCCCC4)C3)cc2N1. The molecule has 2 heterocycles. The van der Waals surface area contributed by atoms with Gasteiger partial charge in [-0.2, -0.15) is 4.31 Å². The normalized spacial score (nSPS) is 23.6. The summed E-state index contributed by atoms with van der Waals surface area (Å²) in [6.45, 7) is 0.485. The number of fused-ring (bicyclic) bond motifs is 1. The summed E-state index contributed by atoms with van der Waals surface area (Å²) in [7, 11) is -3.77. The number of nitrogens with zero attached hydrogens (tertiary/aromatic N) is 1. The summed E-state index contributed by atoms with van der Waals surface area (Å²) in [4.78, 5) is 24.3. The second-order valence-electron chi connectivity index (χ2n) is 8.04. The molecule has 2 amide bonds. The van der Waals surface area contributed by atoms with E-state index >= 15 is 0 Å². The average Bonchev–Trinajstić information content (AvgIpc) is 2.74. The number of nitrogens with one attached hydrogen (secondary N) is 2. The van der Waals surface area contributed by atoms with Gasteiger partial charge in [0.1, 0.15) is 5.75 Å². The molecular weight excluding hydrogens is 394 g/mol. The van der Waals surface area contributed by atoms with Crippen LogP contribution < -0.4 is 15.4 Å². The van der Waals surface area contributed by atoms with E-state index in [9.17, 15) is 18.0 Å². The molecule has 0 radical (unpaired) electrons. The van der Waals surface area contributed by atoms with Crippen molar-refractivity contribution in [3.8, 4) is 5.75 Å². The molecule has 4 rings (SSSR count). The zero-order valence-corrected chi connectivity index (χ0v) is 17.2. The number of amides is 2. The van der Waals surface area contributed by atoms with E-state index in [1.165, 1.54) is 22.9 Å². The minimum atomic E-state index is -3.77. The van der Waals surface area contributed by atoms with Crippen molar-refractivity contribution >= 4 is 27.5 Å². The van der Waals surface area contributed by atoms with Crippen molar-refractivity contribution in [2.24, 2.45) is 5.92 Å². The van der Waals surface area contributed by atoms with Gasteiger partial charge in [-0.15, -0.1) is 0 Å². The smallest absolute Gasteiger partial charge is 0.262 e. The standard InChI is InChI=1S/C20H27N3O5S/c24-19-13-28-18-9-8-16(11-17(18)22-19)29(26,27)23-10-4-5-14(12-23)20(25)21-15-6-2-1-3-7-15/h8-9,11,14-15H,1-7,10,12-13H2,(H,21,25)(H,22,24)/t14-/m0/s1. The van der Waals surface area contributed by atoms with Crippen molar-refractivity contribution in [1.82, 2.24) is 9.62 Å². The Morgan fingerprint density at radius 2 is 1.93 bits per heavy atom. The van der Waals surface area contributed by atoms with E-state index in [1.807, 2.05) is 0 Å². The van der Waals surface area contributed by atoms with Crippen LogP contribution in [0.2, 0.25) is 0 Å². The van der Waals surface area contributed by atoms with Crippen molar-refractivity contribution in [1.29, 1.82) is 0 Å². The Morgan fingerprint density at radius 3 is 2.72 bits per heavy atom. The fraction of sp³-hybridized carbons (Fsp3) is 0.600. The van der Waals surface area contributed by atoms with Gasteiger partial charge < -0.3 is 15.4 Å². The van der Waals surface area contributed by atoms with Gasteiger partial charge in [-0.05, 0) is 43.9 Å². The van der Waals surface area contributed by atoms with E-state index in [2.05, 4.69) is 10.6 Å². The predicted octanol–water partition coefficient (Wildman–Crippen LogP) is 1.87. The fourth-order valence-electron chi connectivity index (χ4n) is 4.31. The molecule has 1 saturated heterocycles. The second-order valence-corrected chi connectivity index (χ2v) is 9.98. The lowest BCUT2D eigenvalue weighted by Gasteiger charge is -2.33. The zero-order valence-electron chi connectivity index (χ0n) is 16.4. The van der Waals surface area contributed by atoms with Crippen molar-refractivity contribution in [3.63, 3.8) is 0 Å². The molecule has 0 unspecified atom stereocenters. The zero-order chi connectivity index (χ0) is 20.4. The number of ether oxygens (including phenoxy) is 1. The predicted molar refractivity (Wildman–Crippen MR) is 107 cm³/mol. The molecular formula is C20H27N3O5S. The van der Waals surface area contributed by atoms with Gasteiger partial charge in [0, 0.05) is 19.1 Å². The number of hydrogen-bond acceptors (Lipinski definition) is 5. The summed E-state index contributed by atoms with van der Waals surface area (Å²) in [6.07, 6.45) is 6.83. The van der Waals surface area contributed by atoms with Crippen LogP contribution in [0.15, 0.2) is 23.1 Å². The van der Waals surface area contributed by atoms with Crippen LogP contribution in [0.25, 0.3) is 0 Å². The van der Waals surface area contributed by atoms with Gasteiger partial charge in [0.2, 0.25) is 15.9 Å². The van der Waals surface area contributed by atoms with Gasteiger partial charge in [0.25, 0.3) is 5.91 Å². The van der Waals surface area contributed by atoms with Crippen LogP contribution in [0.3, 0.4) is 0 Å². The first-order valence-corrected chi connectivity index (χ1v) is 11.7. The third-order valence-electron chi connectivity index (χ3n) is 5.93. The summed E-state index contributed by atoms with van der Waals surface area (Å²) in [5, 5.41) is 5.76. The maximum absolute atomic E-state index is 13.2. The molecule has 2 fully saturated rings. The third kappa shape index (κ3) is 4.40. The minimum Gasteiger partial charge on any atom is -0.482 e. The summed E-state index contributed by atoms with van der Waals surface area (Å²) >= 11 is 0. The first-order chi connectivity index (χ1) is 13.9. The lowest BCUT2D eigenvalue weighted by molar-refractivity contribution is -0.127. The molecule has 1 atom stereocenters. The first-order valence-electron chi connectivity index (χ1n) is 10.3. The summed E-state index contributed by atoms with van der Waals surface area (Å²) < 4.78 is 33.0. The Labute approximate surface area is 171 Å². The molecule has 2 N–H and O–H groups in total. The molecule has 1 aromatic carbocycles. The molecule has 29 heavy (non-hydrogen) atoms. The van der Waals surface area contributed by atoms with Gasteiger partial charge >= 0.3 is 0 Å². The molecule has 1 saturated carbocycles. The highest BCUT2D eigenvalue weighted by Crippen LogP contribution is 2.32. The number of sulfonamides is 1. The monoisotopic (exact) mass is 421 g/mol. The maximum Gasteiger partial charge on any atom is 0.262 e. The Hall–Kier alpha value is -2.13. The van der Waals surface area contributed by atoms with Crippen LogP contribution in [0.1, 0.15) is 44.9 Å². The molecule has 158 valence electrons. The Morgan fingerprint density at radius 1 is 1.14 bits per heavy atom. The van der Waals surface area contributed by atoms with Crippen LogP contribution in [-0.2, 0) is 19.6 Å². The van der Waals surface area contributed by atoms with Crippen LogP contribution >= 0.6 is 0 Å². The number of anilines is 1. The number of rotatable bonds is 4. The highest BCUT2D eigenvalue weighted by Gasteiger charge is 2.34. The molecule has 0 spiro atoms. The Kier molecular flexibility index (Phi) is 5.78. The Balaban J connectivity index is 1.46. The van der Waals surface area contributed by atoms with Crippen LogP contribution in [-0.4, -0.2) is 50.3 Å². The molecule has 1 aromatic rings. The van der Waals surface area contributed by atoms with Crippen molar-refractivity contribution in [3.05, 3.63) is 18.2 Å². The first kappa shape index (κ1) is 20.2. The van der Waals surface area contributed by atoms with E-state index in [0.29, 0.717) is 30.8 Å². The van der Waals surface area contributed by atoms with Crippen LogP contribution in [0.5, 0.6) is 5.75 Å². The number of piperidine rings is 1. The molecule has 2 aliphatic heterocycles. The van der Waals surface area contributed by atoms with Crippen LogP contribution in [0, 0.1) is 5.92 Å². The summed E-state index contributed by atoms with van der Waals surface area (Å²) in [6, 6.07) is 4.68. The molecule has 0 bridgehead atoms. The molecule has 3 aliphatic rings. The highest BCUT2D eigenvalue weighted by molar-refractivity contribution is 7.89. The van der Waals surface area contributed by atoms with E-state index < -0.39 is 10.0 Å². The third-order valence-corrected chi connectivity index (χ3v) is 7.79. The van der Waals surface area contributed by atoms with Gasteiger partial charge in [0.15, 0.2) is 6.61 Å². The molecule has 1 aliphatic carbocycles. The molecule has 9 heteroatoms. The number of carbonyl (C=O) groups excluding carboxylic acids is 2. The highest BCUT2D eigenvalue weighted by atomic mass is 32.2. The lowest BCUT2D eigenvalue weighted by atomic mass is 9.93. The van der Waals surface area contributed by atoms with Crippen molar-refractivity contribution < 1.29 is 22.7 Å².